The van der Waals surface area contributed by atoms with Crippen molar-refractivity contribution in [1.82, 2.24) is 9.88 Å². The third-order valence-corrected chi connectivity index (χ3v) is 5.18. The van der Waals surface area contributed by atoms with Crippen LogP contribution >= 0.6 is 0 Å². The van der Waals surface area contributed by atoms with Crippen LogP contribution in [0.3, 0.4) is 0 Å². The fraction of sp³-hybridized carbons (Fsp3) is 0.304. The second-order valence-electron chi connectivity index (χ2n) is 7.05. The molecule has 2 heterocycles. The van der Waals surface area contributed by atoms with E-state index in [9.17, 15) is 4.79 Å². The average Bonchev–Trinajstić information content (AvgIpc) is 2.78. The highest BCUT2D eigenvalue weighted by Crippen LogP contribution is 2.34. The van der Waals surface area contributed by atoms with Gasteiger partial charge in [-0.3, -0.25) is 4.79 Å². The van der Waals surface area contributed by atoms with E-state index in [1.165, 1.54) is 0 Å². The minimum atomic E-state index is 0.0000264. The SMILES string of the molecule is COc1ccc(-c2cc(C(=O)N3CCOCC3)c3cc(C)ccc3n2)c(OC)c1. The van der Waals surface area contributed by atoms with Crippen molar-refractivity contribution in [2.24, 2.45) is 0 Å². The predicted octanol–water partition coefficient (Wildman–Crippen LogP) is 3.70. The van der Waals surface area contributed by atoms with E-state index in [2.05, 4.69) is 0 Å². The summed E-state index contributed by atoms with van der Waals surface area (Å²) < 4.78 is 16.3. The summed E-state index contributed by atoms with van der Waals surface area (Å²) in [5, 5.41) is 0.859. The number of hydrogen-bond donors (Lipinski definition) is 0. The highest BCUT2D eigenvalue weighted by atomic mass is 16.5. The Morgan fingerprint density at radius 3 is 2.55 bits per heavy atom. The molecular formula is C23H24N2O4. The monoisotopic (exact) mass is 392 g/mol. The van der Waals surface area contributed by atoms with Crippen molar-refractivity contribution in [3.05, 3.63) is 53.6 Å². The van der Waals surface area contributed by atoms with Gasteiger partial charge in [0.2, 0.25) is 0 Å². The number of carbonyl (C=O) groups is 1. The van der Waals surface area contributed by atoms with Crippen LogP contribution in [0.4, 0.5) is 0 Å². The number of ether oxygens (including phenoxy) is 3. The average molecular weight is 392 g/mol. The fourth-order valence-corrected chi connectivity index (χ4v) is 3.60. The topological polar surface area (TPSA) is 60.9 Å². The second kappa shape index (κ2) is 8.09. The largest absolute Gasteiger partial charge is 0.497 e. The molecule has 4 rings (SSSR count). The first-order valence-electron chi connectivity index (χ1n) is 9.61. The highest BCUT2D eigenvalue weighted by molar-refractivity contribution is 6.07. The summed E-state index contributed by atoms with van der Waals surface area (Å²) in [5.41, 5.74) is 4.02. The number of rotatable bonds is 4. The molecule has 29 heavy (non-hydrogen) atoms. The van der Waals surface area contributed by atoms with Crippen LogP contribution in [0.5, 0.6) is 11.5 Å². The van der Waals surface area contributed by atoms with E-state index in [1.807, 2.05) is 54.3 Å². The van der Waals surface area contributed by atoms with Gasteiger partial charge < -0.3 is 19.1 Å². The van der Waals surface area contributed by atoms with Crippen LogP contribution in [0.15, 0.2) is 42.5 Å². The zero-order valence-electron chi connectivity index (χ0n) is 16.9. The number of aryl methyl sites for hydroxylation is 1. The Kier molecular flexibility index (Phi) is 5.36. The molecule has 0 spiro atoms. The van der Waals surface area contributed by atoms with Crippen molar-refractivity contribution >= 4 is 16.8 Å². The van der Waals surface area contributed by atoms with Gasteiger partial charge in [-0.2, -0.15) is 0 Å². The first-order valence-corrected chi connectivity index (χ1v) is 9.61. The van der Waals surface area contributed by atoms with Crippen molar-refractivity contribution in [2.45, 2.75) is 6.92 Å². The number of morpholine rings is 1. The third-order valence-electron chi connectivity index (χ3n) is 5.18. The van der Waals surface area contributed by atoms with E-state index in [0.29, 0.717) is 49.1 Å². The molecule has 6 heteroatoms. The third kappa shape index (κ3) is 3.76. The molecule has 0 unspecified atom stereocenters. The van der Waals surface area contributed by atoms with E-state index >= 15 is 0 Å². The van der Waals surface area contributed by atoms with Gasteiger partial charge in [0, 0.05) is 30.1 Å². The first-order chi connectivity index (χ1) is 14.1. The summed E-state index contributed by atoms with van der Waals surface area (Å²) in [4.78, 5) is 20.0. The number of amides is 1. The smallest absolute Gasteiger partial charge is 0.254 e. The zero-order chi connectivity index (χ0) is 20.4. The van der Waals surface area contributed by atoms with E-state index in [1.54, 1.807) is 14.2 Å². The molecule has 0 radical (unpaired) electrons. The Morgan fingerprint density at radius 2 is 1.83 bits per heavy atom. The molecule has 0 bridgehead atoms. The van der Waals surface area contributed by atoms with Gasteiger partial charge >= 0.3 is 0 Å². The minimum Gasteiger partial charge on any atom is -0.497 e. The molecule has 1 saturated heterocycles. The van der Waals surface area contributed by atoms with Gasteiger partial charge in [-0.05, 0) is 37.3 Å². The number of methoxy groups -OCH3 is 2. The number of fused-ring (bicyclic) bond motifs is 1. The van der Waals surface area contributed by atoms with Crippen LogP contribution in [-0.4, -0.2) is 56.3 Å². The fourth-order valence-electron chi connectivity index (χ4n) is 3.60. The summed E-state index contributed by atoms with van der Waals surface area (Å²) >= 11 is 0. The summed E-state index contributed by atoms with van der Waals surface area (Å²) in [6.45, 7) is 4.33. The number of carbonyl (C=O) groups excluding carboxylic acids is 1. The number of benzene rings is 2. The first kappa shape index (κ1) is 19.2. The highest BCUT2D eigenvalue weighted by Gasteiger charge is 2.22. The Hall–Kier alpha value is -3.12. The lowest BCUT2D eigenvalue weighted by atomic mass is 10.0. The molecule has 0 aliphatic carbocycles. The number of aromatic nitrogens is 1. The molecule has 1 amide bonds. The second-order valence-corrected chi connectivity index (χ2v) is 7.05. The van der Waals surface area contributed by atoms with E-state index in [4.69, 9.17) is 19.2 Å². The molecule has 1 aromatic heterocycles. The molecule has 2 aromatic carbocycles. The molecule has 1 fully saturated rings. The maximum atomic E-state index is 13.4. The van der Waals surface area contributed by atoms with Gasteiger partial charge in [0.25, 0.3) is 5.91 Å². The molecule has 1 aliphatic rings. The van der Waals surface area contributed by atoms with E-state index < -0.39 is 0 Å². The predicted molar refractivity (Wildman–Crippen MR) is 112 cm³/mol. The van der Waals surface area contributed by atoms with Crippen molar-refractivity contribution < 1.29 is 19.0 Å². The summed E-state index contributed by atoms with van der Waals surface area (Å²) in [6.07, 6.45) is 0. The molecule has 0 saturated carbocycles. The van der Waals surface area contributed by atoms with Crippen LogP contribution < -0.4 is 9.47 Å². The summed E-state index contributed by atoms with van der Waals surface area (Å²) in [5.74, 6) is 1.35. The number of pyridine rings is 1. The van der Waals surface area contributed by atoms with Gasteiger partial charge in [-0.1, -0.05) is 11.6 Å². The normalized spacial score (nSPS) is 14.1. The van der Waals surface area contributed by atoms with Crippen molar-refractivity contribution in [3.63, 3.8) is 0 Å². The Labute approximate surface area is 170 Å². The van der Waals surface area contributed by atoms with Crippen LogP contribution in [0, 0.1) is 6.92 Å². The van der Waals surface area contributed by atoms with Crippen LogP contribution in [-0.2, 0) is 4.74 Å². The molecule has 0 N–H and O–H groups in total. The Balaban J connectivity index is 1.88. The van der Waals surface area contributed by atoms with Crippen LogP contribution in [0.2, 0.25) is 0 Å². The maximum Gasteiger partial charge on any atom is 0.254 e. The molecule has 6 nitrogen and oxygen atoms in total. The molecule has 150 valence electrons. The van der Waals surface area contributed by atoms with Crippen molar-refractivity contribution in [3.8, 4) is 22.8 Å². The summed E-state index contributed by atoms with van der Waals surface area (Å²) in [7, 11) is 3.23. The molecule has 1 aliphatic heterocycles. The van der Waals surface area contributed by atoms with Crippen molar-refractivity contribution in [2.75, 3.05) is 40.5 Å². The maximum absolute atomic E-state index is 13.4. The number of nitrogens with zero attached hydrogens (tertiary/aromatic N) is 2. The van der Waals surface area contributed by atoms with Crippen LogP contribution in [0.25, 0.3) is 22.2 Å². The van der Waals surface area contributed by atoms with E-state index in [-0.39, 0.29) is 5.91 Å². The van der Waals surface area contributed by atoms with Gasteiger partial charge in [0.15, 0.2) is 0 Å². The summed E-state index contributed by atoms with van der Waals surface area (Å²) in [6, 6.07) is 13.4. The van der Waals surface area contributed by atoms with Crippen molar-refractivity contribution in [1.29, 1.82) is 0 Å². The molecule has 0 atom stereocenters. The van der Waals surface area contributed by atoms with Gasteiger partial charge in [0.1, 0.15) is 11.5 Å². The number of hydrogen-bond acceptors (Lipinski definition) is 5. The van der Waals surface area contributed by atoms with E-state index in [0.717, 1.165) is 22.0 Å². The zero-order valence-corrected chi connectivity index (χ0v) is 16.9. The van der Waals surface area contributed by atoms with Gasteiger partial charge in [-0.15, -0.1) is 0 Å². The Bertz CT molecular complexity index is 1060. The molecule has 3 aromatic rings. The van der Waals surface area contributed by atoms with Gasteiger partial charge in [-0.25, -0.2) is 4.98 Å². The standard InChI is InChI=1S/C23H24N2O4/c1-15-4-7-20-18(12-15)19(23(26)25-8-10-29-11-9-25)14-21(24-20)17-6-5-16(27-2)13-22(17)28-3/h4-7,12-14H,8-11H2,1-3H3. The molecular weight excluding hydrogens is 368 g/mol. The van der Waals surface area contributed by atoms with Gasteiger partial charge in [0.05, 0.1) is 44.2 Å². The lowest BCUT2D eigenvalue weighted by Crippen LogP contribution is -2.40. The lowest BCUT2D eigenvalue weighted by Gasteiger charge is -2.27. The van der Waals surface area contributed by atoms with Crippen LogP contribution in [0.1, 0.15) is 15.9 Å². The quantitative estimate of drug-likeness (QED) is 0.678. The minimum absolute atomic E-state index is 0.0000264. The Morgan fingerprint density at radius 1 is 1.03 bits per heavy atom. The lowest BCUT2D eigenvalue weighted by molar-refractivity contribution is 0.0304.